The van der Waals surface area contributed by atoms with Gasteiger partial charge in [-0.2, -0.15) is 5.26 Å². The van der Waals surface area contributed by atoms with Crippen LogP contribution >= 0.6 is 11.3 Å². The van der Waals surface area contributed by atoms with Crippen LogP contribution in [0.4, 0.5) is 5.13 Å². The molecule has 0 spiro atoms. The molecule has 1 aliphatic heterocycles. The second-order valence-electron chi connectivity index (χ2n) is 7.18. The molecule has 2 aromatic rings. The van der Waals surface area contributed by atoms with Gasteiger partial charge >= 0.3 is 0 Å². The summed E-state index contributed by atoms with van der Waals surface area (Å²) in [4.78, 5) is 37.2. The topological polar surface area (TPSA) is 93.1 Å². The van der Waals surface area contributed by atoms with Gasteiger partial charge in [0.2, 0.25) is 5.91 Å². The van der Waals surface area contributed by atoms with Gasteiger partial charge in [-0.3, -0.25) is 9.59 Å². The molecule has 0 saturated carbocycles. The van der Waals surface area contributed by atoms with Gasteiger partial charge < -0.3 is 14.8 Å². The number of aromatic nitrogens is 2. The van der Waals surface area contributed by atoms with E-state index in [9.17, 15) is 14.9 Å². The number of nitrogens with zero attached hydrogens (tertiary/aromatic N) is 4. The Bertz CT molecular complexity index is 974. The van der Waals surface area contributed by atoms with Crippen LogP contribution in [-0.2, 0) is 11.2 Å². The third-order valence-electron chi connectivity index (χ3n) is 5.43. The second kappa shape index (κ2) is 8.15. The highest BCUT2D eigenvalue weighted by atomic mass is 32.1. The largest absolute Gasteiger partial charge is 0.345 e. The highest BCUT2D eigenvalue weighted by Crippen LogP contribution is 2.26. The summed E-state index contributed by atoms with van der Waals surface area (Å²) in [6.07, 6.45) is 0.890. The molecule has 0 radical (unpaired) electrons. The lowest BCUT2D eigenvalue weighted by Crippen LogP contribution is -2.48. The summed E-state index contributed by atoms with van der Waals surface area (Å²) >= 11 is 1.70. The van der Waals surface area contributed by atoms with Crippen LogP contribution in [0.15, 0.2) is 4.79 Å². The summed E-state index contributed by atoms with van der Waals surface area (Å²) < 4.78 is 0. The fraction of sp³-hybridized carbons (Fsp3) is 0.500. The number of pyridine rings is 1. The summed E-state index contributed by atoms with van der Waals surface area (Å²) in [6, 6.07) is 1.96. The van der Waals surface area contributed by atoms with Crippen LogP contribution in [0.25, 0.3) is 0 Å². The predicted molar refractivity (Wildman–Crippen MR) is 110 cm³/mol. The van der Waals surface area contributed by atoms with Gasteiger partial charge in [0.1, 0.15) is 11.6 Å². The molecule has 1 N–H and O–H groups in total. The molecular formula is C20H25N5O2S. The molecule has 3 rings (SSSR count). The van der Waals surface area contributed by atoms with Crippen molar-refractivity contribution in [3.05, 3.63) is 43.3 Å². The minimum atomic E-state index is -0.364. The summed E-state index contributed by atoms with van der Waals surface area (Å²) in [5.41, 5.74) is 3.13. The first-order valence-electron chi connectivity index (χ1n) is 9.41. The molecule has 0 bridgehead atoms. The Morgan fingerprint density at radius 1 is 1.21 bits per heavy atom. The number of H-pyrrole nitrogens is 1. The number of hydrogen-bond donors (Lipinski definition) is 1. The Morgan fingerprint density at radius 3 is 2.46 bits per heavy atom. The van der Waals surface area contributed by atoms with Gasteiger partial charge in [0.25, 0.3) is 5.56 Å². The van der Waals surface area contributed by atoms with Gasteiger partial charge in [0, 0.05) is 43.2 Å². The van der Waals surface area contributed by atoms with Crippen molar-refractivity contribution in [2.24, 2.45) is 0 Å². The van der Waals surface area contributed by atoms with Crippen LogP contribution in [0, 0.1) is 39.0 Å². The maximum absolute atomic E-state index is 12.7. The zero-order valence-corrected chi connectivity index (χ0v) is 17.6. The Hall–Kier alpha value is -2.66. The third-order valence-corrected chi connectivity index (χ3v) is 6.56. The molecule has 0 atom stereocenters. The van der Waals surface area contributed by atoms with Crippen LogP contribution in [0.3, 0.4) is 0 Å². The molecule has 1 aliphatic rings. The monoisotopic (exact) mass is 399 g/mol. The maximum atomic E-state index is 12.7. The highest BCUT2D eigenvalue weighted by molar-refractivity contribution is 7.15. The minimum Gasteiger partial charge on any atom is -0.345 e. The SMILES string of the molecule is Cc1nc(N2CCN(C(=O)CCc3c(C)[nH]c(=O)c(C#N)c3C)CC2)sc1C. The molecular weight excluding hydrogens is 374 g/mol. The lowest BCUT2D eigenvalue weighted by molar-refractivity contribution is -0.131. The quantitative estimate of drug-likeness (QED) is 0.851. The smallest absolute Gasteiger partial charge is 0.266 e. The molecule has 28 heavy (non-hydrogen) atoms. The van der Waals surface area contributed by atoms with Crippen LogP contribution < -0.4 is 10.5 Å². The fourth-order valence-electron chi connectivity index (χ4n) is 3.55. The Balaban J connectivity index is 1.60. The molecule has 0 aromatic carbocycles. The van der Waals surface area contributed by atoms with E-state index >= 15 is 0 Å². The number of thiazole rings is 1. The van der Waals surface area contributed by atoms with Crippen molar-refractivity contribution in [3.63, 3.8) is 0 Å². The fourth-order valence-corrected chi connectivity index (χ4v) is 4.51. The maximum Gasteiger partial charge on any atom is 0.266 e. The summed E-state index contributed by atoms with van der Waals surface area (Å²) in [5.74, 6) is 0.106. The van der Waals surface area contributed by atoms with Gasteiger partial charge in [-0.05, 0) is 45.2 Å². The van der Waals surface area contributed by atoms with Gasteiger partial charge in [0.15, 0.2) is 5.13 Å². The second-order valence-corrected chi connectivity index (χ2v) is 8.36. The lowest BCUT2D eigenvalue weighted by atomic mass is 9.99. The van der Waals surface area contributed by atoms with Crippen LogP contribution in [0.1, 0.15) is 39.4 Å². The highest BCUT2D eigenvalue weighted by Gasteiger charge is 2.23. The first-order chi connectivity index (χ1) is 13.3. The van der Waals surface area contributed by atoms with Crippen molar-refractivity contribution in [3.8, 4) is 6.07 Å². The van der Waals surface area contributed by atoms with Crippen molar-refractivity contribution in [2.75, 3.05) is 31.1 Å². The summed E-state index contributed by atoms with van der Waals surface area (Å²) in [6.45, 7) is 10.6. The number of nitriles is 1. The van der Waals surface area contributed by atoms with Crippen molar-refractivity contribution < 1.29 is 4.79 Å². The van der Waals surface area contributed by atoms with E-state index in [1.165, 1.54) is 4.88 Å². The molecule has 7 nitrogen and oxygen atoms in total. The van der Waals surface area contributed by atoms with Crippen molar-refractivity contribution >= 4 is 22.4 Å². The minimum absolute atomic E-state index is 0.106. The molecule has 1 saturated heterocycles. The number of aryl methyl sites for hydroxylation is 3. The average molecular weight is 400 g/mol. The van der Waals surface area contributed by atoms with Crippen LogP contribution in [0.2, 0.25) is 0 Å². The predicted octanol–water partition coefficient (Wildman–Crippen LogP) is 2.22. The molecule has 2 aromatic heterocycles. The number of hydrogen-bond acceptors (Lipinski definition) is 6. The zero-order chi connectivity index (χ0) is 20.4. The van der Waals surface area contributed by atoms with Crippen molar-refractivity contribution in [2.45, 2.75) is 40.5 Å². The zero-order valence-electron chi connectivity index (χ0n) is 16.8. The molecule has 0 unspecified atom stereocenters. The first kappa shape index (κ1) is 20.1. The standard InChI is InChI=1S/C20H25N5O2S/c1-12-16(14(3)22-19(27)17(12)11-21)5-6-18(26)24-7-9-25(10-8-24)20-23-13(2)15(4)28-20/h5-10H2,1-4H3,(H,22,27). The Morgan fingerprint density at radius 2 is 1.89 bits per heavy atom. The lowest BCUT2D eigenvalue weighted by Gasteiger charge is -2.34. The van der Waals surface area contributed by atoms with Crippen molar-refractivity contribution in [1.82, 2.24) is 14.9 Å². The van der Waals surface area contributed by atoms with E-state index < -0.39 is 0 Å². The van der Waals surface area contributed by atoms with E-state index in [2.05, 4.69) is 21.8 Å². The number of carbonyl (C=O) groups is 1. The van der Waals surface area contributed by atoms with E-state index in [1.807, 2.05) is 24.8 Å². The number of piperazine rings is 1. The Kier molecular flexibility index (Phi) is 5.84. The summed E-state index contributed by atoms with van der Waals surface area (Å²) in [7, 11) is 0. The van der Waals surface area contributed by atoms with E-state index in [-0.39, 0.29) is 17.0 Å². The molecule has 8 heteroatoms. The van der Waals surface area contributed by atoms with E-state index in [4.69, 9.17) is 0 Å². The van der Waals surface area contributed by atoms with Crippen LogP contribution in [0.5, 0.6) is 0 Å². The molecule has 148 valence electrons. The number of aromatic amines is 1. The molecule has 3 heterocycles. The van der Waals surface area contributed by atoms with E-state index in [1.54, 1.807) is 18.3 Å². The third kappa shape index (κ3) is 3.94. The summed E-state index contributed by atoms with van der Waals surface area (Å²) in [5, 5.41) is 10.2. The number of nitrogens with one attached hydrogen (secondary N) is 1. The van der Waals surface area contributed by atoms with Crippen molar-refractivity contribution in [1.29, 1.82) is 5.26 Å². The normalized spacial score (nSPS) is 14.2. The first-order valence-corrected chi connectivity index (χ1v) is 10.2. The van der Waals surface area contributed by atoms with Gasteiger partial charge in [-0.25, -0.2) is 4.98 Å². The number of amides is 1. The Labute approximate surface area is 168 Å². The number of carbonyl (C=O) groups excluding carboxylic acids is 1. The van der Waals surface area contributed by atoms with Gasteiger partial charge in [0.05, 0.1) is 5.69 Å². The van der Waals surface area contributed by atoms with Gasteiger partial charge in [-0.1, -0.05) is 0 Å². The van der Waals surface area contributed by atoms with Gasteiger partial charge in [-0.15, -0.1) is 11.3 Å². The average Bonchev–Trinajstić information content (AvgIpc) is 3.00. The number of anilines is 1. The van der Waals surface area contributed by atoms with E-state index in [0.29, 0.717) is 31.5 Å². The molecule has 1 fully saturated rings. The van der Waals surface area contributed by atoms with Crippen LogP contribution in [-0.4, -0.2) is 47.0 Å². The molecule has 1 amide bonds. The number of rotatable bonds is 4. The molecule has 0 aliphatic carbocycles. The van der Waals surface area contributed by atoms with E-state index in [0.717, 1.165) is 35.2 Å².